The van der Waals surface area contributed by atoms with Gasteiger partial charge < -0.3 is 19.9 Å². The predicted octanol–water partition coefficient (Wildman–Crippen LogP) is 8.31. The summed E-state index contributed by atoms with van der Waals surface area (Å²) in [5.41, 5.74) is 6.09. The first kappa shape index (κ1) is 39.3. The Morgan fingerprint density at radius 3 is 2.17 bits per heavy atom. The van der Waals surface area contributed by atoms with Crippen LogP contribution in [0.5, 0.6) is 11.5 Å². The Morgan fingerprint density at radius 2 is 1.48 bits per heavy atom. The molecule has 4 amide bonds. The van der Waals surface area contributed by atoms with Crippen molar-refractivity contribution in [2.24, 2.45) is 23.7 Å². The molecule has 9 rings (SSSR count). The second kappa shape index (κ2) is 15.8. The van der Waals surface area contributed by atoms with E-state index in [1.165, 1.54) is 11.0 Å². The van der Waals surface area contributed by atoms with Crippen molar-refractivity contribution in [3.8, 4) is 11.5 Å². The smallest absolute Gasteiger partial charge is 0.260 e. The number of hydrogen-bond acceptors (Lipinski definition) is 9. The van der Waals surface area contributed by atoms with Crippen molar-refractivity contribution in [1.82, 2.24) is 5.01 Å². The maximum Gasteiger partial charge on any atom is 0.260 e. The normalized spacial score (nSPS) is 24.4. The van der Waals surface area contributed by atoms with Crippen molar-refractivity contribution < 1.29 is 33.8 Å². The zero-order valence-electron chi connectivity index (χ0n) is 32.4. The highest BCUT2D eigenvalue weighted by Crippen LogP contribution is 2.64. The molecule has 60 heavy (non-hydrogen) atoms. The first-order valence-electron chi connectivity index (χ1n) is 19.7. The van der Waals surface area contributed by atoms with Gasteiger partial charge in [-0.05, 0) is 109 Å². The van der Waals surface area contributed by atoms with E-state index in [-0.39, 0.29) is 42.9 Å². The summed E-state index contributed by atoms with van der Waals surface area (Å²) in [4.78, 5) is 61.0. The van der Waals surface area contributed by atoms with E-state index < -0.39 is 46.8 Å². The topological polar surface area (TPSA) is 138 Å². The lowest BCUT2D eigenvalue weighted by Crippen LogP contribution is -2.53. The van der Waals surface area contributed by atoms with E-state index in [2.05, 4.69) is 10.7 Å². The summed E-state index contributed by atoms with van der Waals surface area (Å²) in [5, 5.41) is 14.4. The predicted molar refractivity (Wildman–Crippen MR) is 228 cm³/mol. The Labute approximate surface area is 356 Å². The first-order chi connectivity index (χ1) is 29.1. The molecule has 0 radical (unpaired) electrons. The lowest BCUT2D eigenvalue weighted by molar-refractivity contribution is -0.138. The Kier molecular flexibility index (Phi) is 10.4. The molecule has 5 aromatic rings. The average Bonchev–Trinajstić information content (AvgIpc) is 3.65. The van der Waals surface area contributed by atoms with E-state index in [1.807, 2.05) is 72.8 Å². The number of methoxy groups -OCH3 is 1. The summed E-state index contributed by atoms with van der Waals surface area (Å²) in [6, 6.07) is 36.0. The summed E-state index contributed by atoms with van der Waals surface area (Å²) < 4.78 is 11.2. The molecular weight excluding hydrogens is 803 g/mol. The summed E-state index contributed by atoms with van der Waals surface area (Å²) in [7, 11) is 1.55. The number of nitrogens with one attached hydrogen (secondary N) is 2. The number of nitrogens with zero attached hydrogens (tertiary/aromatic N) is 2. The third-order valence-electron chi connectivity index (χ3n) is 12.3. The molecule has 2 aliphatic carbocycles. The maximum absolute atomic E-state index is 15.5. The van der Waals surface area contributed by atoms with Gasteiger partial charge in [0.2, 0.25) is 11.8 Å². The van der Waals surface area contributed by atoms with Crippen LogP contribution in [0.3, 0.4) is 0 Å². The molecule has 2 saturated heterocycles. The van der Waals surface area contributed by atoms with Gasteiger partial charge in [0.25, 0.3) is 11.8 Å². The summed E-state index contributed by atoms with van der Waals surface area (Å²) in [5.74, 6) is -4.29. The number of aliphatic hydroxyl groups is 1. The van der Waals surface area contributed by atoms with Crippen LogP contribution in [0, 0.1) is 23.7 Å². The molecule has 2 aliphatic heterocycles. The molecule has 304 valence electrons. The van der Waals surface area contributed by atoms with Gasteiger partial charge in [-0.3, -0.25) is 29.5 Å². The van der Waals surface area contributed by atoms with Crippen molar-refractivity contribution in [3.63, 3.8) is 0 Å². The number of para-hydroxylation sites is 1. The number of fused-ring (bicyclic) bond motifs is 4. The molecule has 6 atom stereocenters. The summed E-state index contributed by atoms with van der Waals surface area (Å²) in [6.07, 6.45) is 2.41. The minimum absolute atomic E-state index is 0.0940. The Bertz CT molecular complexity index is 2520. The van der Waals surface area contributed by atoms with Crippen LogP contribution in [-0.2, 0) is 24.6 Å². The number of ether oxygens (including phenoxy) is 2. The molecule has 11 nitrogen and oxygen atoms in total. The Morgan fingerprint density at radius 1 is 0.783 bits per heavy atom. The van der Waals surface area contributed by atoms with E-state index in [0.717, 1.165) is 22.0 Å². The van der Waals surface area contributed by atoms with Crippen LogP contribution in [0.1, 0.15) is 29.9 Å². The van der Waals surface area contributed by atoms with Gasteiger partial charge in [0.15, 0.2) is 0 Å². The number of aliphatic hydroxyl groups excluding tert-OH is 1. The molecule has 0 bridgehead atoms. The number of rotatable bonds is 11. The third kappa shape index (κ3) is 6.48. The SMILES string of the molecule is COc1ccc(C23C(=O)N(Nc4ccc(Cl)cc4Cl)C(=O)C2CC2C(=CCC4C(=O)N(c5ccc(Nc6ccccc6)cc5)C(=O)C42)C3c2ccc(OCCO)cc2)cc1. The highest BCUT2D eigenvalue weighted by molar-refractivity contribution is 6.36. The van der Waals surface area contributed by atoms with E-state index in [1.54, 1.807) is 55.6 Å². The number of hydrogen-bond donors (Lipinski definition) is 3. The third-order valence-corrected chi connectivity index (χ3v) is 12.9. The van der Waals surface area contributed by atoms with E-state index in [0.29, 0.717) is 39.0 Å². The van der Waals surface area contributed by atoms with Gasteiger partial charge >= 0.3 is 0 Å². The van der Waals surface area contributed by atoms with E-state index >= 15 is 9.59 Å². The molecule has 1 saturated carbocycles. The van der Waals surface area contributed by atoms with Gasteiger partial charge in [-0.15, -0.1) is 0 Å². The van der Waals surface area contributed by atoms with Gasteiger partial charge in [-0.25, -0.2) is 0 Å². The lowest BCUT2D eigenvalue weighted by atomic mass is 9.49. The van der Waals surface area contributed by atoms with Crippen molar-refractivity contribution in [2.45, 2.75) is 24.2 Å². The lowest BCUT2D eigenvalue weighted by Gasteiger charge is -2.50. The van der Waals surface area contributed by atoms with Gasteiger partial charge in [0.1, 0.15) is 18.1 Å². The van der Waals surface area contributed by atoms with Crippen LogP contribution in [0.2, 0.25) is 10.0 Å². The number of halogens is 2. The Balaban J connectivity index is 1.15. The van der Waals surface area contributed by atoms with Crippen LogP contribution in [-0.4, -0.2) is 54.1 Å². The minimum Gasteiger partial charge on any atom is -0.497 e. The van der Waals surface area contributed by atoms with Gasteiger partial charge in [-0.2, -0.15) is 5.01 Å². The largest absolute Gasteiger partial charge is 0.497 e. The van der Waals surface area contributed by atoms with Gasteiger partial charge in [0.05, 0.1) is 53.3 Å². The second-order valence-electron chi connectivity index (χ2n) is 15.4. The average molecular weight is 844 g/mol. The number of anilines is 4. The zero-order chi connectivity index (χ0) is 41.7. The molecule has 13 heteroatoms. The van der Waals surface area contributed by atoms with Crippen LogP contribution in [0.25, 0.3) is 0 Å². The van der Waals surface area contributed by atoms with Crippen LogP contribution >= 0.6 is 23.2 Å². The number of hydrazine groups is 1. The summed E-state index contributed by atoms with van der Waals surface area (Å²) in [6.45, 7) is -0.0734. The maximum atomic E-state index is 15.5. The molecule has 2 heterocycles. The zero-order valence-corrected chi connectivity index (χ0v) is 33.9. The molecule has 3 fully saturated rings. The van der Waals surface area contributed by atoms with Crippen LogP contribution < -0.4 is 25.1 Å². The highest BCUT2D eigenvalue weighted by atomic mass is 35.5. The van der Waals surface area contributed by atoms with E-state index in [4.69, 9.17) is 32.7 Å². The van der Waals surface area contributed by atoms with Gasteiger partial charge in [0, 0.05) is 22.3 Å². The highest BCUT2D eigenvalue weighted by Gasteiger charge is 2.70. The van der Waals surface area contributed by atoms with Crippen molar-refractivity contribution >= 4 is 69.6 Å². The molecule has 5 aromatic carbocycles. The number of benzene rings is 5. The minimum atomic E-state index is -1.51. The van der Waals surface area contributed by atoms with Crippen LogP contribution in [0.4, 0.5) is 22.7 Å². The molecule has 3 N–H and O–H groups in total. The number of carbonyl (C=O) groups excluding carboxylic acids is 4. The standard InChI is InChI=1S/C47H40Cl2N4O7/c1-59-33-18-9-28(10-19-33)47-38(44(56)53(46(47)58)51-40-22-11-29(48)25-39(40)49)26-37-35(42(47)27-7-16-34(17-8-27)60-24-23-54)20-21-36-41(37)45(57)52(43(36)55)32-14-12-31(13-15-32)50-30-5-3-2-4-6-30/h2-20,22,25,36-38,41-42,50-51,54H,21,23-24,26H2,1H3. The Hall–Kier alpha value is -6.14. The quantitative estimate of drug-likeness (QED) is 0.0886. The fourth-order valence-corrected chi connectivity index (χ4v) is 10.2. The fourth-order valence-electron chi connectivity index (χ4n) is 9.77. The number of carbonyl (C=O) groups is 4. The van der Waals surface area contributed by atoms with Gasteiger partial charge in [-0.1, -0.05) is 77.3 Å². The molecule has 0 aromatic heterocycles. The van der Waals surface area contributed by atoms with Crippen molar-refractivity contribution in [2.75, 3.05) is 36.0 Å². The second-order valence-corrected chi connectivity index (χ2v) is 16.2. The molecule has 0 spiro atoms. The number of allylic oxidation sites excluding steroid dienone is 2. The number of imide groups is 2. The van der Waals surface area contributed by atoms with Crippen molar-refractivity contribution in [3.05, 3.63) is 154 Å². The number of amides is 4. The summed E-state index contributed by atoms with van der Waals surface area (Å²) >= 11 is 12.8. The monoisotopic (exact) mass is 842 g/mol. The first-order valence-corrected chi connectivity index (χ1v) is 20.5. The van der Waals surface area contributed by atoms with Crippen molar-refractivity contribution in [1.29, 1.82) is 0 Å². The van der Waals surface area contributed by atoms with Crippen LogP contribution in [0.15, 0.2) is 133 Å². The fraction of sp³-hybridized carbons (Fsp3) is 0.234. The molecule has 4 aliphatic rings. The van der Waals surface area contributed by atoms with E-state index in [9.17, 15) is 14.7 Å². The molecule has 6 unspecified atom stereocenters. The molecular formula is C47H40Cl2N4O7.